The van der Waals surface area contributed by atoms with Crippen LogP contribution >= 0.6 is 11.6 Å². The molecule has 100 valence electrons. The van der Waals surface area contributed by atoms with E-state index in [1.807, 2.05) is 12.3 Å². The Hall–Kier alpha value is -1.94. The third kappa shape index (κ3) is 3.29. The molecule has 0 saturated carbocycles. The second-order valence-electron chi connectivity index (χ2n) is 4.26. The Morgan fingerprint density at radius 1 is 1.42 bits per heavy atom. The highest BCUT2D eigenvalue weighted by molar-refractivity contribution is 6.33. The molecule has 0 saturated heterocycles. The molecule has 5 heteroatoms. The number of anilines is 1. The van der Waals surface area contributed by atoms with Crippen molar-refractivity contribution in [3.63, 3.8) is 0 Å². The van der Waals surface area contributed by atoms with Gasteiger partial charge in [-0.15, -0.1) is 0 Å². The molecular formula is C14H16ClN3O. The number of carbonyl (C=O) groups excluding carboxylic acids is 1. The molecule has 4 nitrogen and oxygen atoms in total. The number of aromatic nitrogens is 1. The second-order valence-corrected chi connectivity index (χ2v) is 4.67. The average molecular weight is 278 g/mol. The van der Waals surface area contributed by atoms with Crippen molar-refractivity contribution in [2.75, 3.05) is 5.32 Å². The van der Waals surface area contributed by atoms with Gasteiger partial charge in [0.2, 0.25) is 5.91 Å². The zero-order chi connectivity index (χ0) is 13.8. The van der Waals surface area contributed by atoms with Crippen LogP contribution in [0, 0.1) is 0 Å². The predicted molar refractivity (Wildman–Crippen MR) is 77.4 cm³/mol. The molecule has 3 N–H and O–H groups in total. The molecule has 0 aliphatic heterocycles. The summed E-state index contributed by atoms with van der Waals surface area (Å²) >= 11 is 5.90. The molecule has 0 unspecified atom stereocenters. The van der Waals surface area contributed by atoms with Crippen molar-refractivity contribution in [2.24, 2.45) is 5.73 Å². The van der Waals surface area contributed by atoms with Crippen LogP contribution in [0.25, 0.3) is 0 Å². The zero-order valence-corrected chi connectivity index (χ0v) is 11.4. The van der Waals surface area contributed by atoms with Crippen molar-refractivity contribution in [1.29, 1.82) is 0 Å². The van der Waals surface area contributed by atoms with Gasteiger partial charge in [-0.2, -0.15) is 0 Å². The first kappa shape index (κ1) is 13.5. The second kappa shape index (κ2) is 5.80. The summed E-state index contributed by atoms with van der Waals surface area (Å²) in [7, 11) is 0. The molecule has 0 aliphatic carbocycles. The summed E-state index contributed by atoms with van der Waals surface area (Å²) < 4.78 is 2.10. The fraction of sp³-hybridized carbons (Fsp3) is 0.214. The summed E-state index contributed by atoms with van der Waals surface area (Å²) in [6.07, 6.45) is 4.12. The molecule has 0 radical (unpaired) electrons. The lowest BCUT2D eigenvalue weighted by Gasteiger charge is -2.07. The molecule has 0 aliphatic rings. The molecule has 0 atom stereocenters. The van der Waals surface area contributed by atoms with Crippen LogP contribution in [0.3, 0.4) is 0 Å². The number of primary amides is 1. The first-order valence-corrected chi connectivity index (χ1v) is 6.46. The van der Waals surface area contributed by atoms with E-state index in [9.17, 15) is 4.79 Å². The number of nitrogens with zero attached hydrogens (tertiary/aromatic N) is 1. The number of carbonyl (C=O) groups is 1. The Morgan fingerprint density at radius 3 is 2.84 bits per heavy atom. The molecule has 1 heterocycles. The normalized spacial score (nSPS) is 10.4. The molecule has 0 bridgehead atoms. The Kier molecular flexibility index (Phi) is 4.12. The molecule has 1 amide bonds. The first-order chi connectivity index (χ1) is 9.10. The SMILES string of the molecule is CCn1ccc(CNc2ccc(Cl)c(C(N)=O)c2)c1. The standard InChI is InChI=1S/C14H16ClN3O/c1-2-18-6-5-10(9-18)8-17-11-3-4-13(15)12(7-11)14(16)19/h3-7,9,17H,2,8H2,1H3,(H2,16,19). The van der Waals surface area contributed by atoms with Crippen molar-refractivity contribution < 1.29 is 4.79 Å². The van der Waals surface area contributed by atoms with E-state index in [1.54, 1.807) is 12.1 Å². The minimum atomic E-state index is -0.522. The number of benzene rings is 1. The minimum Gasteiger partial charge on any atom is -0.381 e. The molecule has 0 spiro atoms. The highest BCUT2D eigenvalue weighted by Gasteiger charge is 2.07. The highest BCUT2D eigenvalue weighted by Crippen LogP contribution is 2.20. The maximum absolute atomic E-state index is 11.2. The van der Waals surface area contributed by atoms with Gasteiger partial charge in [0.15, 0.2) is 0 Å². The summed E-state index contributed by atoms with van der Waals surface area (Å²) in [4.78, 5) is 11.2. The Morgan fingerprint density at radius 2 is 2.21 bits per heavy atom. The van der Waals surface area contributed by atoms with Crippen molar-refractivity contribution in [3.8, 4) is 0 Å². The van der Waals surface area contributed by atoms with Crippen LogP contribution in [-0.4, -0.2) is 10.5 Å². The smallest absolute Gasteiger partial charge is 0.250 e. The lowest BCUT2D eigenvalue weighted by atomic mass is 10.2. The van der Waals surface area contributed by atoms with Gasteiger partial charge in [-0.3, -0.25) is 4.79 Å². The van der Waals surface area contributed by atoms with E-state index in [1.165, 1.54) is 5.56 Å². The number of hydrogen-bond acceptors (Lipinski definition) is 2. The number of amides is 1. The number of nitrogens with one attached hydrogen (secondary N) is 1. The summed E-state index contributed by atoms with van der Waals surface area (Å²) in [5, 5.41) is 3.61. The quantitative estimate of drug-likeness (QED) is 0.883. The molecule has 19 heavy (non-hydrogen) atoms. The van der Waals surface area contributed by atoms with Gasteiger partial charge in [-0.1, -0.05) is 11.6 Å². The van der Waals surface area contributed by atoms with Gasteiger partial charge >= 0.3 is 0 Å². The third-order valence-electron chi connectivity index (χ3n) is 2.91. The fourth-order valence-corrected chi connectivity index (χ4v) is 2.03. The van der Waals surface area contributed by atoms with Gasteiger partial charge in [0.25, 0.3) is 0 Å². The van der Waals surface area contributed by atoms with Crippen molar-refractivity contribution in [2.45, 2.75) is 20.0 Å². The van der Waals surface area contributed by atoms with E-state index < -0.39 is 5.91 Å². The average Bonchev–Trinajstić information content (AvgIpc) is 2.85. The van der Waals surface area contributed by atoms with Crippen molar-refractivity contribution >= 4 is 23.2 Å². The molecule has 2 rings (SSSR count). The Bertz CT molecular complexity index is 592. The Labute approximate surface area is 117 Å². The van der Waals surface area contributed by atoms with Gasteiger partial charge in [-0.25, -0.2) is 0 Å². The summed E-state index contributed by atoms with van der Waals surface area (Å²) in [5.74, 6) is -0.522. The van der Waals surface area contributed by atoms with Gasteiger partial charge in [0.05, 0.1) is 10.6 Å². The van der Waals surface area contributed by atoms with E-state index in [-0.39, 0.29) is 0 Å². The van der Waals surface area contributed by atoms with Gasteiger partial charge in [0, 0.05) is 31.2 Å². The number of hydrogen-bond donors (Lipinski definition) is 2. The van der Waals surface area contributed by atoms with E-state index >= 15 is 0 Å². The van der Waals surface area contributed by atoms with E-state index in [0.717, 1.165) is 12.2 Å². The van der Waals surface area contributed by atoms with Crippen LogP contribution in [-0.2, 0) is 13.1 Å². The summed E-state index contributed by atoms with van der Waals surface area (Å²) in [5.41, 5.74) is 7.59. The molecular weight excluding hydrogens is 262 g/mol. The van der Waals surface area contributed by atoms with Gasteiger partial charge in [-0.05, 0) is 36.8 Å². The number of aryl methyl sites for hydroxylation is 1. The van der Waals surface area contributed by atoms with Crippen LogP contribution in [0.1, 0.15) is 22.8 Å². The zero-order valence-electron chi connectivity index (χ0n) is 10.7. The number of halogens is 1. The fourth-order valence-electron chi connectivity index (χ4n) is 1.82. The van der Waals surface area contributed by atoms with Crippen LogP contribution in [0.5, 0.6) is 0 Å². The maximum Gasteiger partial charge on any atom is 0.250 e. The molecule has 1 aromatic carbocycles. The van der Waals surface area contributed by atoms with Crippen LogP contribution in [0.4, 0.5) is 5.69 Å². The lowest BCUT2D eigenvalue weighted by Crippen LogP contribution is -2.12. The van der Waals surface area contributed by atoms with Gasteiger partial charge < -0.3 is 15.6 Å². The summed E-state index contributed by atoms with van der Waals surface area (Å²) in [6, 6.07) is 7.22. The molecule has 2 aromatic rings. The number of rotatable bonds is 5. The summed E-state index contributed by atoms with van der Waals surface area (Å²) in [6.45, 7) is 3.73. The van der Waals surface area contributed by atoms with Crippen molar-refractivity contribution in [3.05, 3.63) is 52.8 Å². The molecule has 0 fully saturated rings. The largest absolute Gasteiger partial charge is 0.381 e. The minimum absolute atomic E-state index is 0.331. The third-order valence-corrected chi connectivity index (χ3v) is 3.23. The topological polar surface area (TPSA) is 60.1 Å². The van der Waals surface area contributed by atoms with Crippen LogP contribution < -0.4 is 11.1 Å². The first-order valence-electron chi connectivity index (χ1n) is 6.08. The van der Waals surface area contributed by atoms with E-state index in [0.29, 0.717) is 17.1 Å². The predicted octanol–water partition coefficient (Wildman–Crippen LogP) is 2.87. The van der Waals surface area contributed by atoms with Crippen molar-refractivity contribution in [1.82, 2.24) is 4.57 Å². The van der Waals surface area contributed by atoms with Crippen LogP contribution in [0.2, 0.25) is 5.02 Å². The lowest BCUT2D eigenvalue weighted by molar-refractivity contribution is 0.100. The number of nitrogens with two attached hydrogens (primary N) is 1. The van der Waals surface area contributed by atoms with E-state index in [2.05, 4.69) is 29.1 Å². The maximum atomic E-state index is 11.2. The monoisotopic (exact) mass is 277 g/mol. The molecule has 1 aromatic heterocycles. The van der Waals surface area contributed by atoms with Gasteiger partial charge in [0.1, 0.15) is 0 Å². The van der Waals surface area contributed by atoms with Crippen LogP contribution in [0.15, 0.2) is 36.7 Å². The highest BCUT2D eigenvalue weighted by atomic mass is 35.5. The Balaban J connectivity index is 2.07. The van der Waals surface area contributed by atoms with E-state index in [4.69, 9.17) is 17.3 Å².